The van der Waals surface area contributed by atoms with Crippen LogP contribution in [0.2, 0.25) is 0 Å². The van der Waals surface area contributed by atoms with Gasteiger partial charge in [-0.2, -0.15) is 0 Å². The van der Waals surface area contributed by atoms with Gasteiger partial charge in [-0.05, 0) is 43.0 Å². The summed E-state index contributed by atoms with van der Waals surface area (Å²) in [7, 11) is 0. The number of amides is 1. The topological polar surface area (TPSA) is 41.1 Å². The average Bonchev–Trinajstić information content (AvgIpc) is 2.39. The van der Waals surface area contributed by atoms with Crippen LogP contribution in [0.1, 0.15) is 37.0 Å². The Morgan fingerprint density at radius 3 is 3.00 bits per heavy atom. The van der Waals surface area contributed by atoms with Crippen LogP contribution < -0.4 is 10.6 Å². The maximum absolute atomic E-state index is 13.6. The molecule has 0 radical (unpaired) electrons. The Labute approximate surface area is 127 Å². The van der Waals surface area contributed by atoms with Gasteiger partial charge in [0.15, 0.2) is 0 Å². The van der Waals surface area contributed by atoms with Crippen LogP contribution in [0.15, 0.2) is 22.7 Å². The van der Waals surface area contributed by atoms with E-state index in [9.17, 15) is 9.18 Å². The van der Waals surface area contributed by atoms with Crippen LogP contribution in [0, 0.1) is 11.2 Å². The first-order valence-corrected chi connectivity index (χ1v) is 7.66. The Bertz CT molecular complexity index is 505. The number of benzene rings is 1. The van der Waals surface area contributed by atoms with E-state index < -0.39 is 5.82 Å². The first-order chi connectivity index (χ1) is 9.40. The van der Waals surface area contributed by atoms with Gasteiger partial charge in [-0.25, -0.2) is 4.39 Å². The van der Waals surface area contributed by atoms with Crippen molar-refractivity contribution in [1.82, 2.24) is 10.6 Å². The van der Waals surface area contributed by atoms with Crippen LogP contribution in [0.3, 0.4) is 0 Å². The predicted molar refractivity (Wildman–Crippen MR) is 81.2 cm³/mol. The second kappa shape index (κ2) is 6.22. The second-order valence-electron chi connectivity index (χ2n) is 5.93. The molecular weight excluding hydrogens is 323 g/mol. The zero-order valence-corrected chi connectivity index (χ0v) is 13.4. The van der Waals surface area contributed by atoms with Crippen molar-refractivity contribution in [2.75, 3.05) is 13.1 Å². The Balaban J connectivity index is 2.00. The third kappa shape index (κ3) is 3.58. The molecule has 0 spiro atoms. The van der Waals surface area contributed by atoms with Crippen LogP contribution in [0.4, 0.5) is 4.39 Å². The van der Waals surface area contributed by atoms with E-state index in [0.29, 0.717) is 11.0 Å². The van der Waals surface area contributed by atoms with Crippen molar-refractivity contribution < 1.29 is 9.18 Å². The van der Waals surface area contributed by atoms with Gasteiger partial charge in [-0.1, -0.05) is 29.8 Å². The maximum Gasteiger partial charge on any atom is 0.254 e. The van der Waals surface area contributed by atoms with E-state index in [4.69, 9.17) is 0 Å². The smallest absolute Gasteiger partial charge is 0.254 e. The predicted octanol–water partition coefficient (Wildman–Crippen LogP) is 3.10. The lowest BCUT2D eigenvalue weighted by atomic mass is 9.77. The largest absolute Gasteiger partial charge is 0.350 e. The lowest BCUT2D eigenvalue weighted by Crippen LogP contribution is -2.52. The average molecular weight is 343 g/mol. The van der Waals surface area contributed by atoms with Crippen LogP contribution >= 0.6 is 15.9 Å². The van der Waals surface area contributed by atoms with Gasteiger partial charge in [0.25, 0.3) is 5.91 Å². The number of hydrogen-bond acceptors (Lipinski definition) is 2. The number of nitrogens with one attached hydrogen (secondary N) is 2. The summed E-state index contributed by atoms with van der Waals surface area (Å²) in [6.07, 6.45) is 2.28. The van der Waals surface area contributed by atoms with Crippen LogP contribution in [0.5, 0.6) is 0 Å². The molecule has 1 aliphatic heterocycles. The van der Waals surface area contributed by atoms with E-state index in [1.807, 2.05) is 0 Å². The number of carbonyl (C=O) groups excluding carboxylic acids is 1. The molecular formula is C15H20BrFN2O. The standard InChI is InChI=1S/C15H20BrFN2O/c1-15(2)6-3-7-18-13(15)9-19-14(20)11-8-10(16)4-5-12(11)17/h4-5,8,13,18H,3,6-7,9H2,1-2H3,(H,19,20). The molecule has 1 fully saturated rings. The Morgan fingerprint density at radius 1 is 1.55 bits per heavy atom. The van der Waals surface area contributed by atoms with E-state index in [-0.39, 0.29) is 22.9 Å². The van der Waals surface area contributed by atoms with Gasteiger partial charge < -0.3 is 10.6 Å². The van der Waals surface area contributed by atoms with Gasteiger partial charge in [0, 0.05) is 17.1 Å². The minimum Gasteiger partial charge on any atom is -0.350 e. The fourth-order valence-electron chi connectivity index (χ4n) is 2.58. The Kier molecular flexibility index (Phi) is 4.81. The summed E-state index contributed by atoms with van der Waals surface area (Å²) in [4.78, 5) is 12.1. The molecule has 0 saturated carbocycles. The molecule has 2 N–H and O–H groups in total. The van der Waals surface area contributed by atoms with Crippen molar-refractivity contribution in [2.45, 2.75) is 32.7 Å². The van der Waals surface area contributed by atoms with Gasteiger partial charge in [-0.15, -0.1) is 0 Å². The molecule has 0 aliphatic carbocycles. The second-order valence-corrected chi connectivity index (χ2v) is 6.85. The number of rotatable bonds is 3. The molecule has 0 bridgehead atoms. The number of carbonyl (C=O) groups is 1. The van der Waals surface area contributed by atoms with Crippen LogP contribution in [-0.4, -0.2) is 25.0 Å². The molecule has 1 aromatic carbocycles. The summed E-state index contributed by atoms with van der Waals surface area (Å²) >= 11 is 3.25. The lowest BCUT2D eigenvalue weighted by Gasteiger charge is -2.39. The van der Waals surface area contributed by atoms with Crippen molar-refractivity contribution in [2.24, 2.45) is 5.41 Å². The van der Waals surface area contributed by atoms with E-state index in [1.54, 1.807) is 6.07 Å². The summed E-state index contributed by atoms with van der Waals surface area (Å²) < 4.78 is 14.3. The van der Waals surface area contributed by atoms with E-state index in [1.165, 1.54) is 12.1 Å². The molecule has 110 valence electrons. The number of hydrogen-bond donors (Lipinski definition) is 2. The molecule has 5 heteroatoms. The summed E-state index contributed by atoms with van der Waals surface area (Å²) in [5, 5.41) is 6.25. The molecule has 1 aromatic rings. The molecule has 1 amide bonds. The number of piperidine rings is 1. The first kappa shape index (κ1) is 15.4. The summed E-state index contributed by atoms with van der Waals surface area (Å²) in [5.74, 6) is -0.867. The highest BCUT2D eigenvalue weighted by atomic mass is 79.9. The molecule has 1 atom stereocenters. The zero-order chi connectivity index (χ0) is 14.8. The Hall–Kier alpha value is -0.940. The van der Waals surface area contributed by atoms with Gasteiger partial charge in [-0.3, -0.25) is 4.79 Å². The molecule has 1 saturated heterocycles. The molecule has 1 unspecified atom stereocenters. The fraction of sp³-hybridized carbons (Fsp3) is 0.533. The fourth-order valence-corrected chi connectivity index (χ4v) is 2.94. The van der Waals surface area contributed by atoms with E-state index in [2.05, 4.69) is 40.4 Å². The van der Waals surface area contributed by atoms with Crippen LogP contribution in [0.25, 0.3) is 0 Å². The molecule has 1 heterocycles. The lowest BCUT2D eigenvalue weighted by molar-refractivity contribution is 0.0925. The van der Waals surface area contributed by atoms with E-state index in [0.717, 1.165) is 19.4 Å². The highest BCUT2D eigenvalue weighted by Gasteiger charge is 2.32. The van der Waals surface area contributed by atoms with E-state index >= 15 is 0 Å². The highest BCUT2D eigenvalue weighted by molar-refractivity contribution is 9.10. The SMILES string of the molecule is CC1(C)CCCNC1CNC(=O)c1cc(Br)ccc1F. The summed E-state index contributed by atoms with van der Waals surface area (Å²) in [6.45, 7) is 5.86. The minimum atomic E-state index is -0.499. The minimum absolute atomic E-state index is 0.0768. The highest BCUT2D eigenvalue weighted by Crippen LogP contribution is 2.29. The van der Waals surface area contributed by atoms with Gasteiger partial charge in [0.2, 0.25) is 0 Å². The zero-order valence-electron chi connectivity index (χ0n) is 11.8. The third-order valence-corrected chi connectivity index (χ3v) is 4.46. The van der Waals surface area contributed by atoms with Crippen molar-refractivity contribution in [1.29, 1.82) is 0 Å². The maximum atomic E-state index is 13.6. The number of halogens is 2. The van der Waals surface area contributed by atoms with Gasteiger partial charge in [0.05, 0.1) is 5.56 Å². The van der Waals surface area contributed by atoms with Crippen molar-refractivity contribution in [3.63, 3.8) is 0 Å². The quantitative estimate of drug-likeness (QED) is 0.886. The third-order valence-electron chi connectivity index (χ3n) is 3.97. The Morgan fingerprint density at radius 2 is 2.30 bits per heavy atom. The van der Waals surface area contributed by atoms with Crippen molar-refractivity contribution in [3.8, 4) is 0 Å². The van der Waals surface area contributed by atoms with Crippen molar-refractivity contribution in [3.05, 3.63) is 34.1 Å². The molecule has 2 rings (SSSR count). The molecule has 3 nitrogen and oxygen atoms in total. The first-order valence-electron chi connectivity index (χ1n) is 6.87. The molecule has 1 aliphatic rings. The monoisotopic (exact) mass is 342 g/mol. The molecule has 0 aromatic heterocycles. The van der Waals surface area contributed by atoms with Gasteiger partial charge >= 0.3 is 0 Å². The normalized spacial score (nSPS) is 21.5. The molecule has 20 heavy (non-hydrogen) atoms. The van der Waals surface area contributed by atoms with Crippen LogP contribution in [-0.2, 0) is 0 Å². The van der Waals surface area contributed by atoms with Gasteiger partial charge in [0.1, 0.15) is 5.82 Å². The summed E-state index contributed by atoms with van der Waals surface area (Å²) in [5.41, 5.74) is 0.217. The van der Waals surface area contributed by atoms with Crippen molar-refractivity contribution >= 4 is 21.8 Å². The summed E-state index contributed by atoms with van der Waals surface area (Å²) in [6, 6.07) is 4.60.